The maximum absolute atomic E-state index is 13.7. The number of ether oxygens (including phenoxy) is 2. The van der Waals surface area contributed by atoms with Crippen LogP contribution in [0.3, 0.4) is 0 Å². The Morgan fingerprint density at radius 3 is 2.54 bits per heavy atom. The number of fused-ring (bicyclic) bond motifs is 1. The van der Waals surface area contributed by atoms with E-state index in [0.717, 1.165) is 68.8 Å². The van der Waals surface area contributed by atoms with Gasteiger partial charge in [0.15, 0.2) is 0 Å². The average Bonchev–Trinajstić information content (AvgIpc) is 3.03. The van der Waals surface area contributed by atoms with Gasteiger partial charge in [-0.3, -0.25) is 9.59 Å². The number of hydrogen-bond acceptors (Lipinski definition) is 5. The molecular formula is C34H47N3O4. The minimum absolute atomic E-state index is 0.0522. The van der Waals surface area contributed by atoms with E-state index in [-0.39, 0.29) is 11.8 Å². The van der Waals surface area contributed by atoms with Crippen molar-refractivity contribution in [2.24, 2.45) is 5.41 Å². The molecule has 2 fully saturated rings. The van der Waals surface area contributed by atoms with Gasteiger partial charge in [0, 0.05) is 31.7 Å². The minimum atomic E-state index is -0.422. The first-order valence-corrected chi connectivity index (χ1v) is 15.9. The van der Waals surface area contributed by atoms with E-state index in [9.17, 15) is 9.59 Å². The molecule has 0 radical (unpaired) electrons. The summed E-state index contributed by atoms with van der Waals surface area (Å²) >= 11 is 0. The van der Waals surface area contributed by atoms with Crippen LogP contribution in [0.1, 0.15) is 87.1 Å². The molecule has 41 heavy (non-hydrogen) atoms. The zero-order chi connectivity index (χ0) is 28.5. The van der Waals surface area contributed by atoms with Crippen molar-refractivity contribution in [2.75, 3.05) is 50.8 Å². The van der Waals surface area contributed by atoms with E-state index in [1.165, 1.54) is 24.8 Å². The van der Waals surface area contributed by atoms with Crippen LogP contribution in [0.5, 0.6) is 11.5 Å². The number of piperidine rings is 2. The van der Waals surface area contributed by atoms with Crippen molar-refractivity contribution < 1.29 is 19.1 Å². The molecule has 5 rings (SSSR count). The van der Waals surface area contributed by atoms with Gasteiger partial charge in [0.2, 0.25) is 5.91 Å². The Hall–Kier alpha value is -3.22. The van der Waals surface area contributed by atoms with Gasteiger partial charge >= 0.3 is 0 Å². The highest BCUT2D eigenvalue weighted by Gasteiger charge is 2.41. The quantitative estimate of drug-likeness (QED) is 0.485. The Bertz CT molecular complexity index is 1170. The smallest absolute Gasteiger partial charge is 0.253 e. The number of rotatable bonds is 5. The Morgan fingerprint density at radius 1 is 0.951 bits per heavy atom. The van der Waals surface area contributed by atoms with Gasteiger partial charge in [-0.05, 0) is 87.6 Å². The highest BCUT2D eigenvalue weighted by molar-refractivity contribution is 5.96. The van der Waals surface area contributed by atoms with Crippen molar-refractivity contribution in [2.45, 2.75) is 77.6 Å². The van der Waals surface area contributed by atoms with Crippen molar-refractivity contribution in [1.82, 2.24) is 10.2 Å². The number of nitrogens with one attached hydrogen (secondary N) is 1. The Kier molecular flexibility index (Phi) is 10.1. The van der Waals surface area contributed by atoms with Crippen LogP contribution in [0.4, 0.5) is 5.69 Å². The van der Waals surface area contributed by atoms with Crippen LogP contribution in [-0.2, 0) is 11.2 Å². The number of para-hydroxylation sites is 1. The Labute approximate surface area is 245 Å². The first kappa shape index (κ1) is 29.3. The third-order valence-corrected chi connectivity index (χ3v) is 9.07. The summed E-state index contributed by atoms with van der Waals surface area (Å²) in [6.07, 6.45) is 11.0. The van der Waals surface area contributed by atoms with Crippen molar-refractivity contribution >= 4 is 17.5 Å². The number of carbonyl (C=O) groups excluding carboxylic acids is 2. The highest BCUT2D eigenvalue weighted by atomic mass is 16.5. The van der Waals surface area contributed by atoms with Crippen LogP contribution < -0.4 is 19.7 Å². The SMILES string of the molecule is CCCOc1ccc(C(=O)N2CCC3(CCCCCc4ccccc4OCCNC3=O)CC2)cc1N1CCCCC1. The van der Waals surface area contributed by atoms with Crippen LogP contribution in [0.25, 0.3) is 0 Å². The highest BCUT2D eigenvalue weighted by Crippen LogP contribution is 2.39. The van der Waals surface area contributed by atoms with Gasteiger partial charge < -0.3 is 24.6 Å². The molecule has 3 aliphatic rings. The summed E-state index contributed by atoms with van der Waals surface area (Å²) in [7, 11) is 0. The topological polar surface area (TPSA) is 71.1 Å². The number of anilines is 1. The lowest BCUT2D eigenvalue weighted by Crippen LogP contribution is -2.50. The third-order valence-electron chi connectivity index (χ3n) is 9.07. The molecule has 1 spiro atoms. The van der Waals surface area contributed by atoms with Crippen molar-refractivity contribution in [3.63, 3.8) is 0 Å². The third kappa shape index (κ3) is 7.17. The normalized spacial score (nSPS) is 20.1. The van der Waals surface area contributed by atoms with Crippen LogP contribution in [0.15, 0.2) is 42.5 Å². The number of carbonyl (C=O) groups is 2. The molecule has 2 aromatic rings. The molecule has 3 aliphatic heterocycles. The molecule has 222 valence electrons. The second-order valence-corrected chi connectivity index (χ2v) is 11.9. The summed E-state index contributed by atoms with van der Waals surface area (Å²) in [5.74, 6) is 1.97. The number of amides is 2. The van der Waals surface area contributed by atoms with Crippen molar-refractivity contribution in [3.8, 4) is 11.5 Å². The molecule has 3 heterocycles. The van der Waals surface area contributed by atoms with Crippen molar-refractivity contribution in [1.29, 1.82) is 0 Å². The maximum atomic E-state index is 13.7. The fraction of sp³-hybridized carbons (Fsp3) is 0.588. The van der Waals surface area contributed by atoms with Gasteiger partial charge in [0.05, 0.1) is 24.3 Å². The predicted octanol–water partition coefficient (Wildman–Crippen LogP) is 6.00. The number of benzene rings is 2. The summed E-state index contributed by atoms with van der Waals surface area (Å²) in [6, 6.07) is 14.1. The molecule has 0 saturated carbocycles. The molecule has 7 heteroatoms. The lowest BCUT2D eigenvalue weighted by atomic mass is 9.73. The van der Waals surface area contributed by atoms with E-state index in [1.807, 2.05) is 35.2 Å². The molecule has 2 aromatic carbocycles. The summed E-state index contributed by atoms with van der Waals surface area (Å²) in [6.45, 7) is 6.92. The summed E-state index contributed by atoms with van der Waals surface area (Å²) in [5.41, 5.74) is 2.57. The van der Waals surface area contributed by atoms with Gasteiger partial charge in [-0.2, -0.15) is 0 Å². The van der Waals surface area contributed by atoms with Gasteiger partial charge in [-0.25, -0.2) is 0 Å². The molecule has 0 atom stereocenters. The first-order valence-electron chi connectivity index (χ1n) is 15.9. The lowest BCUT2D eigenvalue weighted by Gasteiger charge is -2.41. The first-order chi connectivity index (χ1) is 20.1. The van der Waals surface area contributed by atoms with Crippen LogP contribution in [0, 0.1) is 5.41 Å². The lowest BCUT2D eigenvalue weighted by molar-refractivity contribution is -0.134. The monoisotopic (exact) mass is 561 g/mol. The van der Waals surface area contributed by atoms with E-state index in [1.54, 1.807) is 0 Å². The fourth-order valence-corrected chi connectivity index (χ4v) is 6.60. The largest absolute Gasteiger partial charge is 0.491 e. The maximum Gasteiger partial charge on any atom is 0.253 e. The number of nitrogens with zero attached hydrogens (tertiary/aromatic N) is 2. The van der Waals surface area contributed by atoms with Gasteiger partial charge in [0.25, 0.3) is 5.91 Å². The molecule has 0 unspecified atom stereocenters. The molecule has 2 saturated heterocycles. The van der Waals surface area contributed by atoms with E-state index in [4.69, 9.17) is 9.47 Å². The fourth-order valence-electron chi connectivity index (χ4n) is 6.60. The molecule has 0 bridgehead atoms. The van der Waals surface area contributed by atoms with E-state index in [0.29, 0.717) is 51.3 Å². The molecule has 7 nitrogen and oxygen atoms in total. The summed E-state index contributed by atoms with van der Waals surface area (Å²) in [4.78, 5) is 31.6. The van der Waals surface area contributed by atoms with E-state index in [2.05, 4.69) is 29.3 Å². The van der Waals surface area contributed by atoms with Gasteiger partial charge in [-0.15, -0.1) is 0 Å². The number of likely N-dealkylation sites (tertiary alicyclic amines) is 1. The van der Waals surface area contributed by atoms with Crippen molar-refractivity contribution in [3.05, 3.63) is 53.6 Å². The standard InChI is InChI=1S/C34H47N3O4/c1-2-24-40-31-15-14-28(26-29(31)36-20-9-4-10-21-36)32(38)37-22-17-34(18-23-37)16-8-3-5-11-27-12-6-7-13-30(27)41-25-19-35-33(34)39/h6-7,12-15,26H,2-5,8-11,16-25H2,1H3,(H,35,39). The van der Waals surface area contributed by atoms with Crippen LogP contribution >= 0.6 is 0 Å². The molecule has 1 N–H and O–H groups in total. The zero-order valence-electron chi connectivity index (χ0n) is 24.8. The van der Waals surface area contributed by atoms with Gasteiger partial charge in [-0.1, -0.05) is 38.0 Å². The number of aryl methyl sites for hydroxylation is 1. The minimum Gasteiger partial charge on any atom is -0.491 e. The van der Waals surface area contributed by atoms with Crippen LogP contribution in [0.2, 0.25) is 0 Å². The molecule has 2 amide bonds. The van der Waals surface area contributed by atoms with Gasteiger partial charge in [0.1, 0.15) is 18.1 Å². The predicted molar refractivity (Wildman–Crippen MR) is 163 cm³/mol. The second-order valence-electron chi connectivity index (χ2n) is 11.9. The van der Waals surface area contributed by atoms with Crippen LogP contribution in [-0.4, -0.2) is 62.7 Å². The summed E-state index contributed by atoms with van der Waals surface area (Å²) < 4.78 is 12.1. The molecule has 0 aliphatic carbocycles. The Morgan fingerprint density at radius 2 is 1.73 bits per heavy atom. The van der Waals surface area contributed by atoms with E-state index >= 15 is 0 Å². The Balaban J connectivity index is 1.24. The number of hydrogen-bond donors (Lipinski definition) is 1. The molecule has 0 aromatic heterocycles. The zero-order valence-corrected chi connectivity index (χ0v) is 24.8. The summed E-state index contributed by atoms with van der Waals surface area (Å²) in [5, 5.41) is 3.17. The average molecular weight is 562 g/mol. The molecular weight excluding hydrogens is 514 g/mol. The second kappa shape index (κ2) is 14.1. The van der Waals surface area contributed by atoms with E-state index < -0.39 is 5.41 Å².